The lowest BCUT2D eigenvalue weighted by Gasteiger charge is -2.08. The number of allylic oxidation sites excluding steroid dienone is 1. The predicted molar refractivity (Wildman–Crippen MR) is 93.4 cm³/mol. The second kappa shape index (κ2) is 6.15. The molecule has 2 aromatic rings. The van der Waals surface area contributed by atoms with Crippen LogP contribution < -0.4 is 0 Å². The third kappa shape index (κ3) is 2.60. The summed E-state index contributed by atoms with van der Waals surface area (Å²) >= 11 is 0. The molecular formula is C19H22N2O3. The average molecular weight is 326 g/mol. The van der Waals surface area contributed by atoms with E-state index in [0.29, 0.717) is 11.3 Å². The lowest BCUT2D eigenvalue weighted by Crippen LogP contribution is -2.09. The Hall–Kier alpha value is -2.56. The number of carbonyl (C=O) groups is 2. The molecule has 3 rings (SSSR count). The van der Waals surface area contributed by atoms with E-state index in [1.54, 1.807) is 6.07 Å². The molecule has 1 aliphatic carbocycles. The first-order valence-corrected chi connectivity index (χ1v) is 8.08. The number of esters is 1. The van der Waals surface area contributed by atoms with Gasteiger partial charge in [0.05, 0.1) is 23.9 Å². The number of hydrogen-bond donors (Lipinski definition) is 1. The highest BCUT2D eigenvalue weighted by Gasteiger charge is 2.27. The number of carbonyl (C=O) groups excluding carboxylic acids is 2. The second-order valence-electron chi connectivity index (χ2n) is 6.45. The normalized spacial score (nSPS) is 16.2. The van der Waals surface area contributed by atoms with E-state index < -0.39 is 0 Å². The van der Waals surface area contributed by atoms with Gasteiger partial charge in [-0.3, -0.25) is 4.79 Å². The number of hydrogen-bond acceptors (Lipinski definition) is 4. The highest BCUT2D eigenvalue weighted by molar-refractivity contribution is 6.15. The van der Waals surface area contributed by atoms with Gasteiger partial charge in [-0.2, -0.15) is 0 Å². The summed E-state index contributed by atoms with van der Waals surface area (Å²) in [5, 5.41) is 0.830. The van der Waals surface area contributed by atoms with E-state index in [-0.39, 0.29) is 11.8 Å². The quantitative estimate of drug-likeness (QED) is 0.523. The van der Waals surface area contributed by atoms with Gasteiger partial charge in [0.25, 0.3) is 0 Å². The molecule has 0 fully saturated rings. The highest BCUT2D eigenvalue weighted by Crippen LogP contribution is 2.34. The topological polar surface area (TPSA) is 62.4 Å². The maximum atomic E-state index is 13.0. The van der Waals surface area contributed by atoms with E-state index in [1.807, 2.05) is 38.2 Å². The zero-order valence-electron chi connectivity index (χ0n) is 14.5. The molecule has 0 radical (unpaired) electrons. The van der Waals surface area contributed by atoms with Crippen LogP contribution in [0.1, 0.15) is 44.8 Å². The molecule has 0 unspecified atom stereocenters. The Balaban J connectivity index is 2.27. The van der Waals surface area contributed by atoms with E-state index in [9.17, 15) is 9.59 Å². The molecule has 0 spiro atoms. The van der Waals surface area contributed by atoms with Crippen molar-refractivity contribution in [2.45, 2.75) is 26.2 Å². The van der Waals surface area contributed by atoms with Gasteiger partial charge in [-0.05, 0) is 43.4 Å². The zero-order valence-corrected chi connectivity index (χ0v) is 14.5. The number of ether oxygens (including phenoxy) is 1. The second-order valence-corrected chi connectivity index (χ2v) is 6.45. The molecule has 1 aromatic heterocycles. The van der Waals surface area contributed by atoms with Crippen molar-refractivity contribution in [1.82, 2.24) is 9.88 Å². The molecule has 0 saturated carbocycles. The zero-order chi connectivity index (χ0) is 17.4. The van der Waals surface area contributed by atoms with E-state index in [1.165, 1.54) is 7.11 Å². The van der Waals surface area contributed by atoms with Crippen molar-refractivity contribution < 1.29 is 14.3 Å². The number of fused-ring (bicyclic) bond motifs is 3. The molecule has 24 heavy (non-hydrogen) atoms. The summed E-state index contributed by atoms with van der Waals surface area (Å²) in [6.45, 7) is 1.97. The molecule has 5 nitrogen and oxygen atoms in total. The van der Waals surface area contributed by atoms with Crippen LogP contribution in [0.5, 0.6) is 0 Å². The molecule has 1 N–H and O–H groups in total. The highest BCUT2D eigenvalue weighted by atomic mass is 16.5. The molecule has 1 heterocycles. The first-order valence-electron chi connectivity index (χ1n) is 8.08. The number of aromatic nitrogens is 1. The molecule has 1 aliphatic rings. The predicted octanol–water partition coefficient (Wildman–Crippen LogP) is 3.23. The summed E-state index contributed by atoms with van der Waals surface area (Å²) in [6, 6.07) is 3.66. The van der Waals surface area contributed by atoms with Crippen LogP contribution in [0.15, 0.2) is 23.9 Å². The van der Waals surface area contributed by atoms with Crippen molar-refractivity contribution in [3.05, 3.63) is 46.3 Å². The summed E-state index contributed by atoms with van der Waals surface area (Å²) in [5.41, 5.74) is 4.71. The van der Waals surface area contributed by atoms with Gasteiger partial charge in [0.1, 0.15) is 0 Å². The molecular weight excluding hydrogens is 304 g/mol. The van der Waals surface area contributed by atoms with Gasteiger partial charge in [-0.25, -0.2) is 4.79 Å². The molecule has 5 heteroatoms. The Morgan fingerprint density at radius 2 is 2.04 bits per heavy atom. The van der Waals surface area contributed by atoms with Gasteiger partial charge in [0, 0.05) is 31.3 Å². The van der Waals surface area contributed by atoms with Crippen molar-refractivity contribution in [3.63, 3.8) is 0 Å². The van der Waals surface area contributed by atoms with Crippen molar-refractivity contribution in [2.24, 2.45) is 0 Å². The Bertz CT molecular complexity index is 859. The summed E-state index contributed by atoms with van der Waals surface area (Å²) in [4.78, 5) is 30.3. The van der Waals surface area contributed by atoms with E-state index in [0.717, 1.165) is 46.9 Å². The molecule has 1 aromatic carbocycles. The monoisotopic (exact) mass is 326 g/mol. The first-order chi connectivity index (χ1) is 11.4. The summed E-state index contributed by atoms with van der Waals surface area (Å²) < 4.78 is 4.92. The minimum Gasteiger partial charge on any atom is -0.465 e. The largest absolute Gasteiger partial charge is 0.465 e. The van der Waals surface area contributed by atoms with E-state index >= 15 is 0 Å². The Morgan fingerprint density at radius 1 is 1.29 bits per heavy atom. The fourth-order valence-corrected chi connectivity index (χ4v) is 3.40. The standard InChI is InChI=1S/C19H22N2O3/c1-11-8-9-14(19(23)24-4)15-13-7-5-6-12(10-21(2)3)18(22)17(13)20-16(11)15/h8-10,20H,5-7H2,1-4H3. The third-order valence-electron chi connectivity index (χ3n) is 4.48. The molecule has 0 saturated heterocycles. The summed E-state index contributed by atoms with van der Waals surface area (Å²) in [6.07, 6.45) is 4.26. The van der Waals surface area contributed by atoms with Crippen molar-refractivity contribution in [1.29, 1.82) is 0 Å². The molecule has 0 aliphatic heterocycles. The van der Waals surface area contributed by atoms with Gasteiger partial charge in [-0.1, -0.05) is 6.07 Å². The summed E-state index contributed by atoms with van der Waals surface area (Å²) in [7, 11) is 5.20. The Kier molecular flexibility index (Phi) is 4.18. The lowest BCUT2D eigenvalue weighted by molar-refractivity contribution is 0.0602. The van der Waals surface area contributed by atoms with Crippen LogP contribution in [-0.4, -0.2) is 42.8 Å². The van der Waals surface area contributed by atoms with Gasteiger partial charge >= 0.3 is 5.97 Å². The Morgan fingerprint density at radius 3 is 2.71 bits per heavy atom. The number of rotatable bonds is 2. The van der Waals surface area contributed by atoms with Crippen LogP contribution in [0, 0.1) is 6.92 Å². The number of Topliss-reactive ketones (excluding diaryl/α,β-unsaturated/α-hetero) is 1. The van der Waals surface area contributed by atoms with Gasteiger partial charge < -0.3 is 14.6 Å². The maximum absolute atomic E-state index is 13.0. The number of nitrogens with one attached hydrogen (secondary N) is 1. The van der Waals surface area contributed by atoms with Gasteiger partial charge in [0.15, 0.2) is 0 Å². The number of methoxy groups -OCH3 is 1. The minimum atomic E-state index is -0.373. The van der Waals surface area contributed by atoms with Crippen LogP contribution in [-0.2, 0) is 11.2 Å². The number of aromatic amines is 1. The molecule has 0 amide bonds. The minimum absolute atomic E-state index is 0.0163. The number of nitrogens with zero attached hydrogens (tertiary/aromatic N) is 1. The fraction of sp³-hybridized carbons (Fsp3) is 0.368. The van der Waals surface area contributed by atoms with Gasteiger partial charge in [-0.15, -0.1) is 0 Å². The van der Waals surface area contributed by atoms with E-state index in [4.69, 9.17) is 4.74 Å². The summed E-state index contributed by atoms with van der Waals surface area (Å²) in [5.74, 6) is -0.356. The SMILES string of the molecule is COC(=O)c1ccc(C)c2[nH]c3c(c12)CCCC(=CN(C)C)C3=O. The number of ketones is 1. The van der Waals surface area contributed by atoms with Crippen molar-refractivity contribution in [3.8, 4) is 0 Å². The molecule has 0 atom stereocenters. The maximum Gasteiger partial charge on any atom is 0.338 e. The smallest absolute Gasteiger partial charge is 0.338 e. The number of aryl methyl sites for hydroxylation is 2. The Labute approximate surface area is 141 Å². The lowest BCUT2D eigenvalue weighted by atomic mass is 9.99. The van der Waals surface area contributed by atoms with Crippen LogP contribution in [0.25, 0.3) is 10.9 Å². The van der Waals surface area contributed by atoms with Gasteiger partial charge in [0.2, 0.25) is 5.78 Å². The first kappa shape index (κ1) is 16.3. The molecule has 126 valence electrons. The van der Waals surface area contributed by atoms with Crippen molar-refractivity contribution in [2.75, 3.05) is 21.2 Å². The van der Waals surface area contributed by atoms with E-state index in [2.05, 4.69) is 4.98 Å². The fourth-order valence-electron chi connectivity index (χ4n) is 3.40. The number of benzene rings is 1. The molecule has 0 bridgehead atoms. The van der Waals surface area contributed by atoms with Crippen LogP contribution in [0.2, 0.25) is 0 Å². The van der Waals surface area contributed by atoms with Crippen LogP contribution in [0.3, 0.4) is 0 Å². The van der Waals surface area contributed by atoms with Crippen molar-refractivity contribution >= 4 is 22.7 Å². The number of H-pyrrole nitrogens is 1. The average Bonchev–Trinajstić information content (AvgIpc) is 2.86. The third-order valence-corrected chi connectivity index (χ3v) is 4.48. The van der Waals surface area contributed by atoms with Crippen LogP contribution in [0.4, 0.5) is 0 Å². The van der Waals surface area contributed by atoms with Crippen LogP contribution >= 0.6 is 0 Å².